The molecule has 0 fully saturated rings. The Bertz CT molecular complexity index is 606. The first-order valence-electron chi connectivity index (χ1n) is 6.87. The molecule has 0 aliphatic heterocycles. The first kappa shape index (κ1) is 15.1. The van der Waals surface area contributed by atoms with Crippen molar-refractivity contribution in [2.45, 2.75) is 26.6 Å². The molecule has 2 aromatic carbocycles. The van der Waals surface area contributed by atoms with E-state index in [9.17, 15) is 9.90 Å². The molecule has 0 bridgehead atoms. The van der Waals surface area contributed by atoms with Gasteiger partial charge in [0.2, 0.25) is 0 Å². The van der Waals surface area contributed by atoms with Gasteiger partial charge in [0.05, 0.1) is 12.7 Å². The topological polar surface area (TPSA) is 58.6 Å². The predicted molar refractivity (Wildman–Crippen MR) is 82.5 cm³/mol. The van der Waals surface area contributed by atoms with Crippen LogP contribution in [0.1, 0.15) is 29.8 Å². The quantitative estimate of drug-likeness (QED) is 0.886. The van der Waals surface area contributed by atoms with Crippen LogP contribution in [-0.2, 0) is 6.61 Å². The molecule has 4 heteroatoms. The molecule has 0 saturated heterocycles. The number of carbonyl (C=O) groups is 1. The standard InChI is InChI=1S/C17H19NO3/c1-12(2)21-15-9-7-13(8-10-15)17(20)18-16-6-4-3-5-14(16)11-19/h3-10,12,19H,11H2,1-2H3,(H,18,20). The van der Waals surface area contributed by atoms with Gasteiger partial charge < -0.3 is 15.2 Å². The molecular weight excluding hydrogens is 266 g/mol. The Balaban J connectivity index is 2.09. The molecule has 0 saturated carbocycles. The summed E-state index contributed by atoms with van der Waals surface area (Å²) >= 11 is 0. The molecule has 2 N–H and O–H groups in total. The van der Waals surface area contributed by atoms with E-state index >= 15 is 0 Å². The Kier molecular flexibility index (Phi) is 4.95. The zero-order chi connectivity index (χ0) is 15.2. The van der Waals surface area contributed by atoms with Crippen molar-refractivity contribution >= 4 is 11.6 Å². The van der Waals surface area contributed by atoms with Gasteiger partial charge in [-0.2, -0.15) is 0 Å². The molecule has 0 spiro atoms. The molecule has 0 heterocycles. The number of nitrogens with one attached hydrogen (secondary N) is 1. The number of para-hydroxylation sites is 1. The van der Waals surface area contributed by atoms with Gasteiger partial charge in [-0.05, 0) is 44.2 Å². The van der Waals surface area contributed by atoms with Crippen molar-refractivity contribution in [3.63, 3.8) is 0 Å². The lowest BCUT2D eigenvalue weighted by atomic mass is 10.1. The molecule has 0 aromatic heterocycles. The van der Waals surface area contributed by atoms with E-state index in [1.165, 1.54) is 0 Å². The van der Waals surface area contributed by atoms with E-state index in [-0.39, 0.29) is 18.6 Å². The summed E-state index contributed by atoms with van der Waals surface area (Å²) in [6.45, 7) is 3.79. The minimum absolute atomic E-state index is 0.0982. The maximum Gasteiger partial charge on any atom is 0.255 e. The van der Waals surface area contributed by atoms with Crippen molar-refractivity contribution in [1.29, 1.82) is 0 Å². The molecule has 2 rings (SSSR count). The van der Waals surface area contributed by atoms with Crippen LogP contribution in [0.2, 0.25) is 0 Å². The van der Waals surface area contributed by atoms with Gasteiger partial charge in [0.25, 0.3) is 5.91 Å². The summed E-state index contributed by atoms with van der Waals surface area (Å²) in [5, 5.41) is 12.1. The molecule has 1 amide bonds. The van der Waals surface area contributed by atoms with Gasteiger partial charge in [0, 0.05) is 16.8 Å². The monoisotopic (exact) mass is 285 g/mol. The van der Waals surface area contributed by atoms with Gasteiger partial charge in [-0.25, -0.2) is 0 Å². The molecule has 2 aromatic rings. The zero-order valence-corrected chi connectivity index (χ0v) is 12.2. The predicted octanol–water partition coefficient (Wildman–Crippen LogP) is 3.22. The lowest BCUT2D eigenvalue weighted by molar-refractivity contribution is 0.102. The van der Waals surface area contributed by atoms with Crippen molar-refractivity contribution < 1.29 is 14.6 Å². The Morgan fingerprint density at radius 2 is 1.81 bits per heavy atom. The van der Waals surface area contributed by atoms with Crippen molar-refractivity contribution in [2.75, 3.05) is 5.32 Å². The average Bonchev–Trinajstić information content (AvgIpc) is 2.48. The number of rotatable bonds is 5. The fourth-order valence-electron chi connectivity index (χ4n) is 1.93. The Morgan fingerprint density at radius 3 is 2.43 bits per heavy atom. The number of aliphatic hydroxyl groups excluding tert-OH is 1. The second-order valence-corrected chi connectivity index (χ2v) is 4.96. The van der Waals surface area contributed by atoms with Crippen LogP contribution in [0.3, 0.4) is 0 Å². The summed E-state index contributed by atoms with van der Waals surface area (Å²) in [5.74, 6) is 0.518. The van der Waals surface area contributed by atoms with Crippen molar-refractivity contribution in [1.82, 2.24) is 0 Å². The first-order valence-corrected chi connectivity index (χ1v) is 6.87. The summed E-state index contributed by atoms with van der Waals surface area (Å²) in [4.78, 5) is 12.2. The van der Waals surface area contributed by atoms with Gasteiger partial charge in [-0.1, -0.05) is 18.2 Å². The van der Waals surface area contributed by atoms with Gasteiger partial charge in [-0.15, -0.1) is 0 Å². The lowest BCUT2D eigenvalue weighted by Crippen LogP contribution is -2.13. The highest BCUT2D eigenvalue weighted by atomic mass is 16.5. The van der Waals surface area contributed by atoms with E-state index in [1.807, 2.05) is 26.0 Å². The van der Waals surface area contributed by atoms with Gasteiger partial charge >= 0.3 is 0 Å². The summed E-state index contributed by atoms with van der Waals surface area (Å²) in [6.07, 6.45) is 0.0982. The summed E-state index contributed by atoms with van der Waals surface area (Å²) in [7, 11) is 0. The third-order valence-corrected chi connectivity index (χ3v) is 2.92. The molecule has 110 valence electrons. The highest BCUT2D eigenvalue weighted by Crippen LogP contribution is 2.18. The maximum absolute atomic E-state index is 12.2. The number of amides is 1. The van der Waals surface area contributed by atoms with Crippen LogP contribution in [-0.4, -0.2) is 17.1 Å². The van der Waals surface area contributed by atoms with Crippen LogP contribution in [0, 0.1) is 0 Å². The Hall–Kier alpha value is -2.33. The largest absolute Gasteiger partial charge is 0.491 e. The Labute approximate surface area is 124 Å². The van der Waals surface area contributed by atoms with E-state index in [2.05, 4.69) is 5.32 Å². The zero-order valence-electron chi connectivity index (χ0n) is 12.2. The van der Waals surface area contributed by atoms with Crippen LogP contribution in [0.5, 0.6) is 5.75 Å². The highest BCUT2D eigenvalue weighted by Gasteiger charge is 2.09. The first-order chi connectivity index (χ1) is 10.1. The number of hydrogen-bond acceptors (Lipinski definition) is 3. The average molecular weight is 285 g/mol. The normalized spacial score (nSPS) is 10.5. The second kappa shape index (κ2) is 6.90. The minimum Gasteiger partial charge on any atom is -0.491 e. The lowest BCUT2D eigenvalue weighted by Gasteiger charge is -2.11. The summed E-state index contributed by atoms with van der Waals surface area (Å²) in [5.41, 5.74) is 1.84. The van der Waals surface area contributed by atoms with Gasteiger partial charge in [0.15, 0.2) is 0 Å². The van der Waals surface area contributed by atoms with Crippen LogP contribution in [0.15, 0.2) is 48.5 Å². The second-order valence-electron chi connectivity index (χ2n) is 4.96. The van der Waals surface area contributed by atoms with Crippen molar-refractivity contribution in [3.8, 4) is 5.75 Å². The van der Waals surface area contributed by atoms with E-state index in [0.717, 1.165) is 5.75 Å². The molecule has 0 aliphatic carbocycles. The van der Waals surface area contributed by atoms with E-state index in [4.69, 9.17) is 4.74 Å². The van der Waals surface area contributed by atoms with Crippen molar-refractivity contribution in [3.05, 3.63) is 59.7 Å². The molecule has 4 nitrogen and oxygen atoms in total. The maximum atomic E-state index is 12.2. The smallest absolute Gasteiger partial charge is 0.255 e. The Morgan fingerprint density at radius 1 is 1.14 bits per heavy atom. The molecule has 0 unspecified atom stereocenters. The SMILES string of the molecule is CC(C)Oc1ccc(C(=O)Nc2ccccc2CO)cc1. The van der Waals surface area contributed by atoms with Gasteiger partial charge in [-0.3, -0.25) is 4.79 Å². The fraction of sp³-hybridized carbons (Fsp3) is 0.235. The summed E-state index contributed by atoms with van der Waals surface area (Å²) in [6, 6.07) is 14.1. The van der Waals surface area contributed by atoms with Crippen LogP contribution >= 0.6 is 0 Å². The molecule has 0 aliphatic rings. The molecule has 0 radical (unpaired) electrons. The minimum atomic E-state index is -0.216. The van der Waals surface area contributed by atoms with Crippen LogP contribution < -0.4 is 10.1 Å². The number of carbonyl (C=O) groups excluding carboxylic acids is 1. The third kappa shape index (κ3) is 4.07. The fourth-order valence-corrected chi connectivity index (χ4v) is 1.93. The van der Waals surface area contributed by atoms with Crippen LogP contribution in [0.4, 0.5) is 5.69 Å². The van der Waals surface area contributed by atoms with Crippen molar-refractivity contribution in [2.24, 2.45) is 0 Å². The van der Waals surface area contributed by atoms with E-state index in [0.29, 0.717) is 16.8 Å². The molecule has 0 atom stereocenters. The molecule has 21 heavy (non-hydrogen) atoms. The molecular formula is C17H19NO3. The number of aliphatic hydroxyl groups is 1. The summed E-state index contributed by atoms with van der Waals surface area (Å²) < 4.78 is 5.54. The van der Waals surface area contributed by atoms with E-state index in [1.54, 1.807) is 36.4 Å². The van der Waals surface area contributed by atoms with E-state index < -0.39 is 0 Å². The number of hydrogen-bond donors (Lipinski definition) is 2. The number of benzene rings is 2. The van der Waals surface area contributed by atoms with Gasteiger partial charge in [0.1, 0.15) is 5.75 Å². The number of ether oxygens (including phenoxy) is 1. The van der Waals surface area contributed by atoms with Crippen LogP contribution in [0.25, 0.3) is 0 Å². The highest BCUT2D eigenvalue weighted by molar-refractivity contribution is 6.04. The number of anilines is 1. The third-order valence-electron chi connectivity index (χ3n) is 2.92.